The van der Waals surface area contributed by atoms with Gasteiger partial charge in [-0.1, -0.05) is 17.7 Å². The summed E-state index contributed by atoms with van der Waals surface area (Å²) in [5, 5.41) is 3.66. The number of carbonyl (C=O) groups is 2. The summed E-state index contributed by atoms with van der Waals surface area (Å²) in [7, 11) is 0. The number of hydrogen-bond acceptors (Lipinski definition) is 3. The van der Waals surface area contributed by atoms with Gasteiger partial charge in [-0.3, -0.25) is 9.59 Å². The Balaban J connectivity index is 1.87. The minimum atomic E-state index is -0.113. The Morgan fingerprint density at radius 1 is 1.23 bits per heavy atom. The summed E-state index contributed by atoms with van der Waals surface area (Å²) in [4.78, 5) is 26.1. The molecule has 0 atom stereocenters. The highest BCUT2D eigenvalue weighted by atomic mass is 35.5. The molecule has 0 radical (unpaired) electrons. The summed E-state index contributed by atoms with van der Waals surface area (Å²) in [5.74, 6) is -0.225. The Morgan fingerprint density at radius 3 is 2.68 bits per heavy atom. The van der Waals surface area contributed by atoms with Crippen LogP contribution in [0.1, 0.15) is 15.9 Å². The van der Waals surface area contributed by atoms with Crippen molar-refractivity contribution < 1.29 is 9.59 Å². The summed E-state index contributed by atoms with van der Waals surface area (Å²) in [6.45, 7) is 2.21. The molecule has 0 spiro atoms. The first-order valence-corrected chi connectivity index (χ1v) is 7.36. The van der Waals surface area contributed by atoms with E-state index in [4.69, 9.17) is 11.6 Å². The zero-order valence-corrected chi connectivity index (χ0v) is 12.9. The van der Waals surface area contributed by atoms with Crippen molar-refractivity contribution in [3.8, 4) is 0 Å². The molecule has 0 bridgehead atoms. The first-order chi connectivity index (χ1) is 10.5. The molecule has 1 N–H and O–H groups in total. The van der Waals surface area contributed by atoms with Crippen molar-refractivity contribution in [2.24, 2.45) is 0 Å². The fourth-order valence-electron chi connectivity index (χ4n) is 2.47. The Morgan fingerprint density at radius 2 is 1.95 bits per heavy atom. The van der Waals surface area contributed by atoms with Crippen molar-refractivity contribution in [1.29, 1.82) is 0 Å². The van der Waals surface area contributed by atoms with Crippen LogP contribution in [0.25, 0.3) is 0 Å². The minimum absolute atomic E-state index is 0.0260. The van der Waals surface area contributed by atoms with Crippen molar-refractivity contribution in [2.75, 3.05) is 23.3 Å². The summed E-state index contributed by atoms with van der Waals surface area (Å²) in [6.07, 6.45) is 0. The smallest absolute Gasteiger partial charge is 0.246 e. The van der Waals surface area contributed by atoms with Crippen LogP contribution in [0.5, 0.6) is 0 Å². The fraction of sp³-hybridized carbons (Fsp3) is 0.176. The molecule has 22 heavy (non-hydrogen) atoms. The average Bonchev–Trinajstić information content (AvgIpc) is 2.50. The van der Waals surface area contributed by atoms with Crippen LogP contribution in [0.15, 0.2) is 42.5 Å². The molecule has 1 amide bonds. The molecule has 0 saturated carbocycles. The Labute approximate surface area is 133 Å². The molecule has 1 aliphatic rings. The van der Waals surface area contributed by atoms with E-state index < -0.39 is 0 Å². The zero-order chi connectivity index (χ0) is 15.7. The van der Waals surface area contributed by atoms with Crippen molar-refractivity contribution in [1.82, 2.24) is 0 Å². The predicted molar refractivity (Wildman–Crippen MR) is 87.8 cm³/mol. The number of anilines is 2. The van der Waals surface area contributed by atoms with E-state index in [0.29, 0.717) is 10.6 Å². The number of nitrogens with one attached hydrogen (secondary N) is 1. The quantitative estimate of drug-likeness (QED) is 0.884. The third kappa shape index (κ3) is 2.83. The maximum Gasteiger partial charge on any atom is 0.246 e. The molecule has 1 heterocycles. The molecule has 1 aliphatic heterocycles. The van der Waals surface area contributed by atoms with Crippen LogP contribution in [0.3, 0.4) is 0 Å². The number of Topliss-reactive ketones (excluding diaryl/α,β-unsaturated/α-hetero) is 1. The van der Waals surface area contributed by atoms with E-state index in [9.17, 15) is 9.59 Å². The number of hydrogen-bond donors (Lipinski definition) is 1. The second-order valence-corrected chi connectivity index (χ2v) is 5.72. The Kier molecular flexibility index (Phi) is 3.86. The monoisotopic (exact) mass is 314 g/mol. The van der Waals surface area contributed by atoms with Crippen LogP contribution in [-0.4, -0.2) is 24.8 Å². The van der Waals surface area contributed by atoms with Gasteiger partial charge in [0.15, 0.2) is 5.78 Å². The van der Waals surface area contributed by atoms with Gasteiger partial charge in [0.1, 0.15) is 0 Å². The van der Waals surface area contributed by atoms with Crippen molar-refractivity contribution >= 4 is 34.7 Å². The minimum Gasteiger partial charge on any atom is -0.374 e. The predicted octanol–water partition coefficient (Wildman–Crippen LogP) is 3.29. The molecule has 3 rings (SSSR count). The van der Waals surface area contributed by atoms with Crippen LogP contribution < -0.4 is 10.2 Å². The van der Waals surface area contributed by atoms with E-state index >= 15 is 0 Å². The lowest BCUT2D eigenvalue weighted by molar-refractivity contribution is -0.117. The first kappa shape index (κ1) is 14.6. The molecule has 0 saturated heterocycles. The van der Waals surface area contributed by atoms with Gasteiger partial charge in [0.2, 0.25) is 5.91 Å². The number of fused-ring (bicyclic) bond motifs is 1. The van der Waals surface area contributed by atoms with Gasteiger partial charge >= 0.3 is 0 Å². The first-order valence-electron chi connectivity index (χ1n) is 6.98. The summed E-state index contributed by atoms with van der Waals surface area (Å²) >= 11 is 5.83. The van der Waals surface area contributed by atoms with E-state index in [1.54, 1.807) is 24.3 Å². The van der Waals surface area contributed by atoms with Gasteiger partial charge in [0, 0.05) is 10.6 Å². The van der Waals surface area contributed by atoms with Crippen molar-refractivity contribution in [3.05, 3.63) is 58.6 Å². The van der Waals surface area contributed by atoms with Gasteiger partial charge < -0.3 is 10.2 Å². The number of ketones is 1. The molecular weight excluding hydrogens is 300 g/mol. The van der Waals surface area contributed by atoms with Crippen molar-refractivity contribution in [3.63, 3.8) is 0 Å². The number of aryl methyl sites for hydroxylation is 1. The van der Waals surface area contributed by atoms with Crippen LogP contribution in [-0.2, 0) is 4.79 Å². The highest BCUT2D eigenvalue weighted by Crippen LogP contribution is 2.30. The number of carbonyl (C=O) groups excluding carboxylic acids is 2. The van der Waals surface area contributed by atoms with Gasteiger partial charge in [-0.15, -0.1) is 0 Å². The Bertz CT molecular complexity index is 741. The van der Waals surface area contributed by atoms with Gasteiger partial charge in [-0.2, -0.15) is 0 Å². The van der Waals surface area contributed by atoms with E-state index in [2.05, 4.69) is 5.32 Å². The second-order valence-electron chi connectivity index (χ2n) is 5.28. The van der Waals surface area contributed by atoms with E-state index in [-0.39, 0.29) is 24.8 Å². The average molecular weight is 315 g/mol. The molecule has 5 heteroatoms. The molecule has 0 unspecified atom stereocenters. The van der Waals surface area contributed by atoms with Crippen LogP contribution >= 0.6 is 11.6 Å². The molecule has 0 aliphatic carbocycles. The van der Waals surface area contributed by atoms with E-state index in [0.717, 1.165) is 16.9 Å². The highest BCUT2D eigenvalue weighted by molar-refractivity contribution is 6.30. The normalized spacial score (nSPS) is 13.5. The van der Waals surface area contributed by atoms with Gasteiger partial charge in [0.25, 0.3) is 0 Å². The fourth-order valence-corrected chi connectivity index (χ4v) is 2.60. The summed E-state index contributed by atoms with van der Waals surface area (Å²) in [5.41, 5.74) is 3.27. The van der Waals surface area contributed by atoms with Gasteiger partial charge in [0.05, 0.1) is 24.5 Å². The zero-order valence-electron chi connectivity index (χ0n) is 12.1. The van der Waals surface area contributed by atoms with Crippen LogP contribution in [0.2, 0.25) is 5.02 Å². The maximum atomic E-state index is 12.4. The molecule has 0 fully saturated rings. The summed E-state index contributed by atoms with van der Waals surface area (Å²) in [6, 6.07) is 12.5. The maximum absolute atomic E-state index is 12.4. The molecule has 2 aromatic rings. The number of amides is 1. The number of rotatable bonds is 3. The SMILES string of the molecule is Cc1ccc2c(c1)NCC(=O)N2CC(=O)c1ccc(Cl)cc1. The molecule has 112 valence electrons. The number of nitrogens with zero attached hydrogens (tertiary/aromatic N) is 1. The lowest BCUT2D eigenvalue weighted by Gasteiger charge is -2.30. The third-order valence-electron chi connectivity index (χ3n) is 3.64. The second kappa shape index (κ2) is 5.81. The third-order valence-corrected chi connectivity index (χ3v) is 3.89. The molecular formula is C17H15ClN2O2. The molecule has 2 aromatic carbocycles. The highest BCUT2D eigenvalue weighted by Gasteiger charge is 2.26. The van der Waals surface area contributed by atoms with E-state index in [1.165, 1.54) is 4.90 Å². The standard InChI is InChI=1S/C17H15ClN2O2/c1-11-2-7-15-14(8-11)19-9-17(22)20(15)10-16(21)12-3-5-13(18)6-4-12/h2-8,19H,9-10H2,1H3. The van der Waals surface area contributed by atoms with Gasteiger partial charge in [-0.05, 0) is 48.9 Å². The largest absolute Gasteiger partial charge is 0.374 e. The van der Waals surface area contributed by atoms with Crippen LogP contribution in [0, 0.1) is 6.92 Å². The number of halogens is 1. The summed E-state index contributed by atoms with van der Waals surface area (Å²) < 4.78 is 0. The number of benzene rings is 2. The van der Waals surface area contributed by atoms with Gasteiger partial charge in [-0.25, -0.2) is 0 Å². The van der Waals surface area contributed by atoms with Crippen LogP contribution in [0.4, 0.5) is 11.4 Å². The molecule has 4 nitrogen and oxygen atoms in total. The van der Waals surface area contributed by atoms with Crippen molar-refractivity contribution in [2.45, 2.75) is 6.92 Å². The topological polar surface area (TPSA) is 49.4 Å². The lowest BCUT2D eigenvalue weighted by Crippen LogP contribution is -2.42. The van der Waals surface area contributed by atoms with E-state index in [1.807, 2.05) is 25.1 Å². The lowest BCUT2D eigenvalue weighted by atomic mass is 10.1. The Hall–Kier alpha value is -2.33. The molecule has 0 aromatic heterocycles.